The van der Waals surface area contributed by atoms with Crippen molar-refractivity contribution in [1.82, 2.24) is 15.5 Å². The Balaban J connectivity index is 1.70. The highest BCUT2D eigenvalue weighted by Gasteiger charge is 2.14. The van der Waals surface area contributed by atoms with Crippen molar-refractivity contribution in [2.24, 2.45) is 0 Å². The van der Waals surface area contributed by atoms with Crippen molar-refractivity contribution in [3.05, 3.63) is 58.4 Å². The second kappa shape index (κ2) is 8.09. The Hall–Kier alpha value is -3.06. The number of nitrogens with one attached hydrogen (secondary N) is 1. The lowest BCUT2D eigenvalue weighted by Crippen LogP contribution is -2.23. The molecule has 3 aromatic rings. The Morgan fingerprint density at radius 3 is 2.63 bits per heavy atom. The van der Waals surface area contributed by atoms with Crippen LogP contribution in [0.4, 0.5) is 0 Å². The first-order valence-electron chi connectivity index (χ1n) is 8.11. The number of hydrogen-bond acceptors (Lipinski definition) is 6. The van der Waals surface area contributed by atoms with Crippen LogP contribution in [0.5, 0.6) is 11.5 Å². The summed E-state index contributed by atoms with van der Waals surface area (Å²) in [5.41, 5.74) is 2.07. The van der Waals surface area contributed by atoms with E-state index in [1.165, 1.54) is 0 Å². The molecule has 7 nitrogen and oxygen atoms in total. The zero-order valence-electron chi connectivity index (χ0n) is 15.1. The number of ether oxygens (including phenoxy) is 2. The minimum Gasteiger partial charge on any atom is -0.493 e. The Morgan fingerprint density at radius 1 is 1.15 bits per heavy atom. The summed E-state index contributed by atoms with van der Waals surface area (Å²) in [6, 6.07) is 10.5. The van der Waals surface area contributed by atoms with Crippen molar-refractivity contribution < 1.29 is 18.8 Å². The minimum atomic E-state index is -0.314. The summed E-state index contributed by atoms with van der Waals surface area (Å²) in [4.78, 5) is 16.6. The van der Waals surface area contributed by atoms with Crippen molar-refractivity contribution in [3.63, 3.8) is 0 Å². The van der Waals surface area contributed by atoms with E-state index in [-0.39, 0.29) is 18.3 Å². The molecule has 0 aliphatic carbocycles. The van der Waals surface area contributed by atoms with Gasteiger partial charge in [0.05, 0.1) is 31.4 Å². The lowest BCUT2D eigenvalue weighted by molar-refractivity contribution is 0.0946. The molecule has 0 saturated heterocycles. The number of rotatable bonds is 6. The third-order valence-electron chi connectivity index (χ3n) is 3.88. The van der Waals surface area contributed by atoms with E-state index < -0.39 is 0 Å². The van der Waals surface area contributed by atoms with Gasteiger partial charge in [-0.1, -0.05) is 22.8 Å². The SMILES string of the molecule is COc1ccc(-c2noc(CNC(=O)c3ccc(C)cc3Cl)n2)cc1OC. The molecule has 8 heteroatoms. The van der Waals surface area contributed by atoms with Gasteiger partial charge >= 0.3 is 0 Å². The van der Waals surface area contributed by atoms with Gasteiger partial charge in [-0.25, -0.2) is 0 Å². The predicted octanol–water partition coefficient (Wildman–Crippen LogP) is 3.65. The van der Waals surface area contributed by atoms with E-state index in [2.05, 4.69) is 15.5 Å². The maximum atomic E-state index is 12.3. The van der Waals surface area contributed by atoms with Crippen LogP contribution in [0.2, 0.25) is 5.02 Å². The number of carbonyl (C=O) groups excluding carboxylic acids is 1. The zero-order chi connectivity index (χ0) is 19.4. The number of aromatic nitrogens is 2. The molecule has 3 rings (SSSR count). The molecule has 0 aliphatic rings. The molecular weight excluding hydrogens is 370 g/mol. The minimum absolute atomic E-state index is 0.0866. The number of benzene rings is 2. The van der Waals surface area contributed by atoms with Gasteiger partial charge in [0.15, 0.2) is 11.5 Å². The number of nitrogens with zero attached hydrogens (tertiary/aromatic N) is 2. The first kappa shape index (κ1) is 18.7. The third kappa shape index (κ3) is 4.20. The second-order valence-electron chi connectivity index (χ2n) is 5.75. The Bertz CT molecular complexity index is 971. The Kier molecular flexibility index (Phi) is 5.61. The van der Waals surface area contributed by atoms with Crippen LogP contribution in [-0.2, 0) is 6.54 Å². The van der Waals surface area contributed by atoms with Crippen LogP contribution in [0, 0.1) is 6.92 Å². The molecule has 1 amide bonds. The van der Waals surface area contributed by atoms with Crippen LogP contribution in [-0.4, -0.2) is 30.3 Å². The normalized spacial score (nSPS) is 10.5. The standard InChI is InChI=1S/C19H18ClN3O4/c1-11-4-6-13(14(20)8-11)19(24)21-10-17-22-18(23-27-17)12-5-7-15(25-2)16(9-12)26-3/h4-9H,10H2,1-3H3,(H,21,24). The molecule has 0 aliphatic heterocycles. The van der Waals surface area contributed by atoms with E-state index in [0.29, 0.717) is 33.5 Å². The highest BCUT2D eigenvalue weighted by molar-refractivity contribution is 6.33. The summed E-state index contributed by atoms with van der Waals surface area (Å²) in [5, 5.41) is 7.05. The number of halogens is 1. The summed E-state index contributed by atoms with van der Waals surface area (Å²) >= 11 is 6.11. The Labute approximate surface area is 161 Å². The van der Waals surface area contributed by atoms with E-state index in [9.17, 15) is 4.79 Å². The van der Waals surface area contributed by atoms with E-state index in [1.54, 1.807) is 44.6 Å². The molecule has 0 unspecified atom stereocenters. The lowest BCUT2D eigenvalue weighted by Gasteiger charge is -2.07. The molecule has 27 heavy (non-hydrogen) atoms. The summed E-state index contributed by atoms with van der Waals surface area (Å²) in [6.07, 6.45) is 0. The van der Waals surface area contributed by atoms with E-state index in [1.807, 2.05) is 13.0 Å². The third-order valence-corrected chi connectivity index (χ3v) is 4.19. The van der Waals surface area contributed by atoms with E-state index in [4.69, 9.17) is 25.6 Å². The van der Waals surface area contributed by atoms with Gasteiger partial charge in [-0.05, 0) is 42.8 Å². The monoisotopic (exact) mass is 387 g/mol. The van der Waals surface area contributed by atoms with Crippen molar-refractivity contribution in [3.8, 4) is 22.9 Å². The smallest absolute Gasteiger partial charge is 0.253 e. The molecule has 2 aromatic carbocycles. The average Bonchev–Trinajstić information content (AvgIpc) is 3.14. The first-order chi connectivity index (χ1) is 13.0. The van der Waals surface area contributed by atoms with Crippen molar-refractivity contribution in [2.75, 3.05) is 14.2 Å². The Morgan fingerprint density at radius 2 is 1.93 bits per heavy atom. The fraction of sp³-hybridized carbons (Fsp3) is 0.211. The number of hydrogen-bond donors (Lipinski definition) is 1. The van der Waals surface area contributed by atoms with Gasteiger partial charge < -0.3 is 19.3 Å². The molecule has 0 spiro atoms. The maximum Gasteiger partial charge on any atom is 0.253 e. The van der Waals surface area contributed by atoms with Gasteiger partial charge in [-0.15, -0.1) is 0 Å². The maximum absolute atomic E-state index is 12.3. The largest absolute Gasteiger partial charge is 0.493 e. The topological polar surface area (TPSA) is 86.5 Å². The molecule has 0 atom stereocenters. The number of carbonyl (C=O) groups is 1. The molecule has 1 aromatic heterocycles. The van der Waals surface area contributed by atoms with Gasteiger partial charge in [0.2, 0.25) is 11.7 Å². The number of aryl methyl sites for hydroxylation is 1. The van der Waals surface area contributed by atoms with Crippen LogP contribution < -0.4 is 14.8 Å². The predicted molar refractivity (Wildman–Crippen MR) is 100 cm³/mol. The fourth-order valence-electron chi connectivity index (χ4n) is 2.47. The van der Waals surface area contributed by atoms with Crippen molar-refractivity contribution >= 4 is 17.5 Å². The number of methoxy groups -OCH3 is 2. The van der Waals surface area contributed by atoms with Gasteiger partial charge in [0.25, 0.3) is 5.91 Å². The summed E-state index contributed by atoms with van der Waals surface area (Å²) in [5.74, 6) is 1.51. The second-order valence-corrected chi connectivity index (χ2v) is 6.15. The van der Waals surface area contributed by atoms with Crippen LogP contribution in [0.25, 0.3) is 11.4 Å². The molecule has 0 radical (unpaired) electrons. The van der Waals surface area contributed by atoms with Crippen LogP contribution in [0.15, 0.2) is 40.9 Å². The average molecular weight is 388 g/mol. The fourth-order valence-corrected chi connectivity index (χ4v) is 2.80. The molecule has 0 fully saturated rings. The van der Waals surface area contributed by atoms with Gasteiger partial charge in [-0.2, -0.15) is 4.98 Å². The van der Waals surface area contributed by atoms with Crippen LogP contribution in [0.1, 0.15) is 21.8 Å². The lowest BCUT2D eigenvalue weighted by atomic mass is 10.1. The quantitative estimate of drug-likeness (QED) is 0.694. The first-order valence-corrected chi connectivity index (χ1v) is 8.49. The highest BCUT2D eigenvalue weighted by Crippen LogP contribution is 2.31. The molecular formula is C19H18ClN3O4. The van der Waals surface area contributed by atoms with Gasteiger partial charge in [0.1, 0.15) is 0 Å². The van der Waals surface area contributed by atoms with Crippen LogP contribution in [0.3, 0.4) is 0 Å². The van der Waals surface area contributed by atoms with E-state index >= 15 is 0 Å². The van der Waals surface area contributed by atoms with Gasteiger partial charge in [-0.3, -0.25) is 4.79 Å². The molecule has 0 saturated carbocycles. The molecule has 1 N–H and O–H groups in total. The van der Waals surface area contributed by atoms with Crippen molar-refractivity contribution in [2.45, 2.75) is 13.5 Å². The highest BCUT2D eigenvalue weighted by atomic mass is 35.5. The van der Waals surface area contributed by atoms with Crippen LogP contribution >= 0.6 is 11.6 Å². The van der Waals surface area contributed by atoms with E-state index in [0.717, 1.165) is 5.56 Å². The molecule has 140 valence electrons. The van der Waals surface area contributed by atoms with Gasteiger partial charge in [0, 0.05) is 5.56 Å². The van der Waals surface area contributed by atoms with Crippen molar-refractivity contribution in [1.29, 1.82) is 0 Å². The summed E-state index contributed by atoms with van der Waals surface area (Å²) < 4.78 is 15.7. The number of amides is 1. The summed E-state index contributed by atoms with van der Waals surface area (Å²) in [7, 11) is 3.11. The molecule has 0 bridgehead atoms. The summed E-state index contributed by atoms with van der Waals surface area (Å²) in [6.45, 7) is 1.99. The molecule has 1 heterocycles. The zero-order valence-corrected chi connectivity index (χ0v) is 15.8.